The molecule has 4 rings (SSSR count). The van der Waals surface area contributed by atoms with Crippen molar-refractivity contribution in [3.05, 3.63) is 48.0 Å². The highest BCUT2D eigenvalue weighted by Gasteiger charge is 2.39. The fourth-order valence-corrected chi connectivity index (χ4v) is 5.01. The standard InChI is InChI=1S/C23H31N3O3S/c1-29-23-12-11-19(26-30(2,27)28)13-21(23)16-5-3-15(4-6-16)20-14-22(20)25-18-9-7-17(24)8-10-18/h3-6,11-13,17-18,20,22,25-26H,7-10,14,24H2,1-2H3/t17?,18?,20-,22+/m0/s1. The molecule has 0 amide bonds. The first-order chi connectivity index (χ1) is 14.3. The monoisotopic (exact) mass is 429 g/mol. The van der Waals surface area contributed by atoms with Crippen LogP contribution < -0.4 is 20.5 Å². The molecule has 2 atom stereocenters. The number of ether oxygens (including phenoxy) is 1. The molecule has 0 unspecified atom stereocenters. The van der Waals surface area contributed by atoms with Gasteiger partial charge in [0.15, 0.2) is 0 Å². The molecule has 2 saturated carbocycles. The number of sulfonamides is 1. The van der Waals surface area contributed by atoms with E-state index in [1.807, 2.05) is 6.07 Å². The maximum absolute atomic E-state index is 11.6. The van der Waals surface area contributed by atoms with Gasteiger partial charge in [0.05, 0.1) is 13.4 Å². The van der Waals surface area contributed by atoms with Crippen LogP contribution in [0.4, 0.5) is 5.69 Å². The van der Waals surface area contributed by atoms with Crippen LogP contribution in [0.5, 0.6) is 5.75 Å². The summed E-state index contributed by atoms with van der Waals surface area (Å²) in [4.78, 5) is 0. The van der Waals surface area contributed by atoms with Crippen molar-refractivity contribution in [1.82, 2.24) is 5.32 Å². The molecule has 2 aliphatic rings. The zero-order valence-electron chi connectivity index (χ0n) is 17.6. The summed E-state index contributed by atoms with van der Waals surface area (Å²) in [7, 11) is -1.71. The molecule has 30 heavy (non-hydrogen) atoms. The van der Waals surface area contributed by atoms with Crippen LogP contribution in [-0.4, -0.2) is 39.9 Å². The van der Waals surface area contributed by atoms with E-state index in [-0.39, 0.29) is 0 Å². The van der Waals surface area contributed by atoms with Gasteiger partial charge in [-0.15, -0.1) is 0 Å². The fourth-order valence-electron chi connectivity index (χ4n) is 4.46. The summed E-state index contributed by atoms with van der Waals surface area (Å²) in [6, 6.07) is 15.4. The molecule has 4 N–H and O–H groups in total. The first kappa shape index (κ1) is 21.2. The van der Waals surface area contributed by atoms with E-state index in [1.54, 1.807) is 19.2 Å². The van der Waals surface area contributed by atoms with Gasteiger partial charge in [0.2, 0.25) is 10.0 Å². The minimum atomic E-state index is -3.33. The van der Waals surface area contributed by atoms with Crippen molar-refractivity contribution in [1.29, 1.82) is 0 Å². The van der Waals surface area contributed by atoms with Crippen LogP contribution in [0.3, 0.4) is 0 Å². The Hall–Kier alpha value is -2.09. The Bertz CT molecular complexity index is 983. The highest BCUT2D eigenvalue weighted by atomic mass is 32.2. The number of hydrogen-bond acceptors (Lipinski definition) is 5. The van der Waals surface area contributed by atoms with Crippen LogP contribution in [0.2, 0.25) is 0 Å². The van der Waals surface area contributed by atoms with E-state index in [0.717, 1.165) is 30.2 Å². The Morgan fingerprint density at radius 2 is 1.73 bits per heavy atom. The lowest BCUT2D eigenvalue weighted by Gasteiger charge is -2.27. The smallest absolute Gasteiger partial charge is 0.229 e. The molecule has 162 valence electrons. The third-order valence-electron chi connectivity index (χ3n) is 6.16. The molecule has 2 aromatic carbocycles. The molecule has 2 fully saturated rings. The first-order valence-electron chi connectivity index (χ1n) is 10.6. The first-order valence-corrected chi connectivity index (χ1v) is 12.5. The van der Waals surface area contributed by atoms with Crippen LogP contribution in [0.25, 0.3) is 11.1 Å². The molecule has 2 aromatic rings. The summed E-state index contributed by atoms with van der Waals surface area (Å²) in [6.45, 7) is 0. The molecule has 7 heteroatoms. The molecule has 0 aromatic heterocycles. The van der Waals surface area contributed by atoms with E-state index in [2.05, 4.69) is 34.3 Å². The molecule has 0 radical (unpaired) electrons. The van der Waals surface area contributed by atoms with Crippen LogP contribution in [-0.2, 0) is 10.0 Å². The van der Waals surface area contributed by atoms with Crippen molar-refractivity contribution >= 4 is 15.7 Å². The number of nitrogens with one attached hydrogen (secondary N) is 2. The Morgan fingerprint density at radius 1 is 1.03 bits per heavy atom. The van der Waals surface area contributed by atoms with E-state index >= 15 is 0 Å². The van der Waals surface area contributed by atoms with E-state index in [0.29, 0.717) is 35.5 Å². The van der Waals surface area contributed by atoms with Crippen LogP contribution in [0.1, 0.15) is 43.6 Å². The molecule has 0 heterocycles. The second-order valence-corrected chi connectivity index (χ2v) is 10.4. The third-order valence-corrected chi connectivity index (χ3v) is 6.77. The molecular formula is C23H31N3O3S. The largest absolute Gasteiger partial charge is 0.496 e. The summed E-state index contributed by atoms with van der Waals surface area (Å²) in [5, 5.41) is 3.81. The predicted octanol–water partition coefficient (Wildman–Crippen LogP) is 3.45. The molecular weight excluding hydrogens is 398 g/mol. The molecule has 2 aliphatic carbocycles. The van der Waals surface area contributed by atoms with Gasteiger partial charge in [0.25, 0.3) is 0 Å². The maximum Gasteiger partial charge on any atom is 0.229 e. The lowest BCUT2D eigenvalue weighted by atomic mass is 9.92. The molecule has 0 bridgehead atoms. The number of nitrogens with two attached hydrogens (primary N) is 1. The van der Waals surface area contributed by atoms with Gasteiger partial charge in [-0.25, -0.2) is 8.42 Å². The average molecular weight is 430 g/mol. The van der Waals surface area contributed by atoms with Gasteiger partial charge in [-0.05, 0) is 61.4 Å². The lowest BCUT2D eigenvalue weighted by molar-refractivity contribution is 0.339. The molecule has 6 nitrogen and oxygen atoms in total. The summed E-state index contributed by atoms with van der Waals surface area (Å²) < 4.78 is 31.1. The van der Waals surface area contributed by atoms with E-state index in [1.165, 1.54) is 24.8 Å². The van der Waals surface area contributed by atoms with Crippen LogP contribution >= 0.6 is 0 Å². The van der Waals surface area contributed by atoms with Crippen molar-refractivity contribution < 1.29 is 13.2 Å². The summed E-state index contributed by atoms with van der Waals surface area (Å²) in [5.74, 6) is 1.28. The zero-order chi connectivity index (χ0) is 21.3. The lowest BCUT2D eigenvalue weighted by Crippen LogP contribution is -2.38. The number of rotatable bonds is 7. The van der Waals surface area contributed by atoms with E-state index < -0.39 is 10.0 Å². The number of methoxy groups -OCH3 is 1. The number of hydrogen-bond donors (Lipinski definition) is 3. The third kappa shape index (κ3) is 5.14. The Balaban J connectivity index is 1.44. The van der Waals surface area contributed by atoms with Gasteiger partial charge >= 0.3 is 0 Å². The van der Waals surface area contributed by atoms with Crippen molar-refractivity contribution in [2.24, 2.45) is 5.73 Å². The minimum absolute atomic E-state index is 0.383. The summed E-state index contributed by atoms with van der Waals surface area (Å²) in [5.41, 5.74) is 9.74. The molecule has 0 spiro atoms. The normalized spacial score (nSPS) is 26.2. The highest BCUT2D eigenvalue weighted by molar-refractivity contribution is 7.92. The topological polar surface area (TPSA) is 93.4 Å². The van der Waals surface area contributed by atoms with Crippen molar-refractivity contribution in [3.63, 3.8) is 0 Å². The quantitative estimate of drug-likeness (QED) is 0.627. The van der Waals surface area contributed by atoms with Crippen LogP contribution in [0.15, 0.2) is 42.5 Å². The Kier molecular flexibility index (Phi) is 6.04. The summed E-state index contributed by atoms with van der Waals surface area (Å²) in [6.07, 6.45) is 6.94. The van der Waals surface area contributed by atoms with Crippen LogP contribution in [0, 0.1) is 0 Å². The summed E-state index contributed by atoms with van der Waals surface area (Å²) >= 11 is 0. The van der Waals surface area contributed by atoms with Gasteiger partial charge in [0, 0.05) is 35.3 Å². The van der Waals surface area contributed by atoms with Gasteiger partial charge in [0.1, 0.15) is 5.75 Å². The SMILES string of the molecule is COc1ccc(NS(C)(=O)=O)cc1-c1ccc([C@@H]2C[C@H]2NC2CCC(N)CC2)cc1. The van der Waals surface area contributed by atoms with Crippen molar-refractivity contribution in [3.8, 4) is 16.9 Å². The van der Waals surface area contributed by atoms with Gasteiger partial charge in [-0.1, -0.05) is 24.3 Å². The zero-order valence-corrected chi connectivity index (χ0v) is 18.4. The van der Waals surface area contributed by atoms with Gasteiger partial charge in [-0.2, -0.15) is 0 Å². The van der Waals surface area contributed by atoms with E-state index in [9.17, 15) is 8.42 Å². The second kappa shape index (κ2) is 8.57. The van der Waals surface area contributed by atoms with Crippen molar-refractivity contribution in [2.45, 2.75) is 56.1 Å². The maximum atomic E-state index is 11.6. The predicted molar refractivity (Wildman–Crippen MR) is 121 cm³/mol. The second-order valence-electron chi connectivity index (χ2n) is 8.64. The van der Waals surface area contributed by atoms with Gasteiger partial charge < -0.3 is 15.8 Å². The Labute approximate surface area is 179 Å². The highest BCUT2D eigenvalue weighted by Crippen LogP contribution is 2.43. The molecule has 0 aliphatic heterocycles. The minimum Gasteiger partial charge on any atom is -0.496 e. The van der Waals surface area contributed by atoms with Gasteiger partial charge in [-0.3, -0.25) is 4.72 Å². The number of anilines is 1. The van der Waals surface area contributed by atoms with Crippen molar-refractivity contribution in [2.75, 3.05) is 18.1 Å². The number of benzene rings is 2. The van der Waals surface area contributed by atoms with E-state index in [4.69, 9.17) is 10.5 Å². The average Bonchev–Trinajstić information content (AvgIpc) is 3.48. The molecule has 0 saturated heterocycles. The Morgan fingerprint density at radius 3 is 2.37 bits per heavy atom. The fraction of sp³-hybridized carbons (Fsp3) is 0.478.